The Morgan fingerprint density at radius 1 is 0.970 bits per heavy atom. The molecule has 2 aromatic carbocycles. The van der Waals surface area contributed by atoms with Gasteiger partial charge in [0.15, 0.2) is 5.82 Å². The van der Waals surface area contributed by atoms with Gasteiger partial charge in [0, 0.05) is 67.4 Å². The number of amides is 1. The van der Waals surface area contributed by atoms with E-state index >= 15 is 9.18 Å². The lowest BCUT2D eigenvalue weighted by atomic mass is 9.91. The number of hydrogen-bond donors (Lipinski definition) is 1. The first kappa shape index (κ1) is 43.8. The highest BCUT2D eigenvalue weighted by molar-refractivity contribution is 7.71. The normalized spacial score (nSPS) is 20.0. The highest BCUT2D eigenvalue weighted by Crippen LogP contribution is 2.56. The Labute approximate surface area is 381 Å². The van der Waals surface area contributed by atoms with E-state index in [-0.39, 0.29) is 17.6 Å². The van der Waals surface area contributed by atoms with E-state index in [1.165, 1.54) is 14.7 Å². The quantitative estimate of drug-likeness (QED) is 0.128. The molecule has 0 spiro atoms. The Hall–Kier alpha value is -6.12. The minimum absolute atomic E-state index is 0.0203. The number of pyridine rings is 1. The Bertz CT molecular complexity index is 3210. The van der Waals surface area contributed by atoms with Gasteiger partial charge in [-0.15, -0.1) is 0 Å². The Morgan fingerprint density at radius 2 is 1.68 bits per heavy atom. The second-order valence-electron chi connectivity index (χ2n) is 18.3. The van der Waals surface area contributed by atoms with Crippen molar-refractivity contribution in [3.05, 3.63) is 133 Å². The summed E-state index contributed by atoms with van der Waals surface area (Å²) in [4.78, 5) is 52.2. The van der Waals surface area contributed by atoms with Gasteiger partial charge in [0.1, 0.15) is 35.4 Å². The molecule has 1 N–H and O–H groups in total. The van der Waals surface area contributed by atoms with E-state index in [2.05, 4.69) is 35.3 Å². The monoisotopic (exact) mass is 915 g/mol. The van der Waals surface area contributed by atoms with E-state index < -0.39 is 30.2 Å². The van der Waals surface area contributed by atoms with Crippen LogP contribution in [0.5, 0.6) is 0 Å². The fourth-order valence-electron chi connectivity index (χ4n) is 10.7. The molecule has 2 aliphatic heterocycles. The molecular formula is C49H55FN9O6P. The van der Waals surface area contributed by atoms with Crippen LogP contribution in [0.3, 0.4) is 0 Å². The number of carbonyl (C=O) groups excluding carboxylic acids is 1. The summed E-state index contributed by atoms with van der Waals surface area (Å²) in [7, 11) is -2.70. The van der Waals surface area contributed by atoms with Crippen molar-refractivity contribution in [1.29, 1.82) is 0 Å². The van der Waals surface area contributed by atoms with Gasteiger partial charge in [-0.1, -0.05) is 38.9 Å². The van der Waals surface area contributed by atoms with Crippen LogP contribution in [-0.4, -0.2) is 81.5 Å². The third-order valence-electron chi connectivity index (χ3n) is 14.6. The van der Waals surface area contributed by atoms with Crippen molar-refractivity contribution in [2.75, 3.05) is 32.1 Å². The number of aryl methyl sites for hydroxylation is 3. The summed E-state index contributed by atoms with van der Waals surface area (Å²) in [6.45, 7) is 15.0. The van der Waals surface area contributed by atoms with Crippen molar-refractivity contribution in [1.82, 2.24) is 43.5 Å². The lowest BCUT2D eigenvalue weighted by Gasteiger charge is -2.34. The molecule has 1 amide bonds. The van der Waals surface area contributed by atoms with Crippen LogP contribution in [0.4, 0.5) is 4.39 Å². The van der Waals surface area contributed by atoms with Gasteiger partial charge in [0.2, 0.25) is 0 Å². The fraction of sp³-hybridized carbons (Fsp3) is 0.429. The molecule has 3 atom stereocenters. The zero-order chi connectivity index (χ0) is 46.4. The van der Waals surface area contributed by atoms with E-state index in [0.717, 1.165) is 29.3 Å². The topological polar surface area (TPSA) is 168 Å². The van der Waals surface area contributed by atoms with E-state index in [9.17, 15) is 14.2 Å². The van der Waals surface area contributed by atoms with E-state index in [4.69, 9.17) is 19.3 Å². The maximum Gasteiger partial charge on any atom is 0.438 e. The number of carbonyl (C=O) groups is 1. The number of benzene rings is 2. The molecular weight excluding hydrogens is 861 g/mol. The Morgan fingerprint density at radius 3 is 2.33 bits per heavy atom. The maximum absolute atomic E-state index is 15.5. The molecule has 3 aliphatic rings. The van der Waals surface area contributed by atoms with Gasteiger partial charge >= 0.3 is 11.4 Å². The Balaban J connectivity index is 1.11. The summed E-state index contributed by atoms with van der Waals surface area (Å²) in [6.07, 6.45) is 9.38. The number of H-pyrrole nitrogens is 1. The van der Waals surface area contributed by atoms with Gasteiger partial charge in [-0.05, 0) is 117 Å². The van der Waals surface area contributed by atoms with E-state index in [1.807, 2.05) is 49.3 Å². The minimum atomic E-state index is -2.70. The lowest BCUT2D eigenvalue weighted by Crippen LogP contribution is -2.41. The summed E-state index contributed by atoms with van der Waals surface area (Å²) in [6, 6.07) is 13.1. The second kappa shape index (κ2) is 16.3. The molecule has 7 aromatic rings. The molecule has 10 rings (SSSR count). The smallest absolute Gasteiger partial charge is 0.381 e. The summed E-state index contributed by atoms with van der Waals surface area (Å²) in [5, 5.41) is 10.2. The number of rotatable bonds is 11. The van der Waals surface area contributed by atoms with Crippen LogP contribution in [0.15, 0.2) is 75.2 Å². The molecule has 3 unspecified atom stereocenters. The van der Waals surface area contributed by atoms with Crippen LogP contribution in [0.2, 0.25) is 0 Å². The molecule has 0 bridgehead atoms. The number of aromatic amines is 1. The van der Waals surface area contributed by atoms with Crippen molar-refractivity contribution in [3.63, 3.8) is 0 Å². The summed E-state index contributed by atoms with van der Waals surface area (Å²) in [5.74, 6) is -0.0625. The van der Waals surface area contributed by atoms with Crippen molar-refractivity contribution >= 4 is 29.4 Å². The number of halogens is 1. The highest BCUT2D eigenvalue weighted by atomic mass is 31.2. The molecule has 7 heterocycles. The van der Waals surface area contributed by atoms with Gasteiger partial charge in [-0.2, -0.15) is 5.10 Å². The second-order valence-corrected chi connectivity index (χ2v) is 21.8. The highest BCUT2D eigenvalue weighted by Gasteiger charge is 2.59. The molecule has 17 heteroatoms. The average Bonchev–Trinajstić information content (AvgIpc) is 3.82. The standard InChI is InChI=1S/C49H55FN9O6P/c1-8-32-24-37(27-51-43(32)66(63,9-2)10-3)56-17-18-57(48(56)62)44-41-31(7)55(16-13-38(41)53-59(44)36-21-28(4)42(50)29(5)22-36)45(60)40-25-35-23-34(33-14-19-64-20-15-33)11-12-39(35)58(40)49(26-30(49)6)46-52-47(61)65-54-46/h11-12,17-18,21-25,27,30-31,33H,8-10,13-16,19-20,26H2,1-7H3,(H,52,54,61). The zero-order valence-electron chi connectivity index (χ0n) is 38.4. The van der Waals surface area contributed by atoms with Crippen LogP contribution in [0.25, 0.3) is 28.1 Å². The molecule has 344 valence electrons. The maximum atomic E-state index is 15.5. The number of hydrogen-bond acceptors (Lipinski definition) is 9. The van der Waals surface area contributed by atoms with Gasteiger partial charge < -0.3 is 18.8 Å². The van der Waals surface area contributed by atoms with Crippen LogP contribution in [0.1, 0.15) is 116 Å². The average molecular weight is 916 g/mol. The summed E-state index contributed by atoms with van der Waals surface area (Å²) < 4.78 is 46.5. The fourth-order valence-corrected chi connectivity index (χ4v) is 12.8. The first-order valence-electron chi connectivity index (χ1n) is 23.1. The van der Waals surface area contributed by atoms with Crippen LogP contribution >= 0.6 is 7.14 Å². The van der Waals surface area contributed by atoms with Crippen LogP contribution in [-0.2, 0) is 27.7 Å². The summed E-state index contributed by atoms with van der Waals surface area (Å²) >= 11 is 0. The number of imidazole rings is 1. The molecule has 66 heavy (non-hydrogen) atoms. The predicted molar refractivity (Wildman–Crippen MR) is 249 cm³/mol. The predicted octanol–water partition coefficient (Wildman–Crippen LogP) is 7.62. The molecule has 1 aliphatic carbocycles. The van der Waals surface area contributed by atoms with Crippen molar-refractivity contribution in [3.8, 4) is 17.2 Å². The van der Waals surface area contributed by atoms with Gasteiger partial charge in [0.05, 0.1) is 29.3 Å². The van der Waals surface area contributed by atoms with Crippen LogP contribution < -0.4 is 16.9 Å². The molecule has 0 radical (unpaired) electrons. The van der Waals surface area contributed by atoms with Gasteiger partial charge in [0.25, 0.3) is 5.91 Å². The lowest BCUT2D eigenvalue weighted by molar-refractivity contribution is 0.0663. The number of fused-ring (bicyclic) bond motifs is 2. The Kier molecular flexibility index (Phi) is 10.8. The first-order chi connectivity index (χ1) is 31.7. The van der Waals surface area contributed by atoms with Gasteiger partial charge in [-0.3, -0.25) is 28.4 Å². The SMILES string of the molecule is CCc1cc(-n2ccn(-c3c4c(nn3-c3cc(C)c(F)c(C)c3)CCN(C(=O)c3cc5cc(C6CCOCC6)ccc5n3C3(c5noc(=O)[nH]5)CC3C)C4C)c2=O)cnc1P(=O)(CC)CC. The van der Waals surface area contributed by atoms with E-state index in [0.29, 0.717) is 114 Å². The summed E-state index contributed by atoms with van der Waals surface area (Å²) in [5.41, 5.74) is 6.03. The number of ether oxygens (including phenoxy) is 1. The third kappa shape index (κ3) is 6.81. The van der Waals surface area contributed by atoms with Crippen LogP contribution in [0, 0.1) is 25.6 Å². The van der Waals surface area contributed by atoms with Crippen molar-refractivity contribution in [2.45, 2.75) is 98.1 Å². The zero-order valence-corrected chi connectivity index (χ0v) is 39.3. The molecule has 15 nitrogen and oxygen atoms in total. The van der Waals surface area contributed by atoms with Crippen molar-refractivity contribution < 1.29 is 23.0 Å². The largest absolute Gasteiger partial charge is 0.438 e. The van der Waals surface area contributed by atoms with E-state index in [1.54, 1.807) is 49.3 Å². The molecule has 5 aromatic heterocycles. The van der Waals surface area contributed by atoms with Gasteiger partial charge in [-0.25, -0.2) is 18.7 Å². The first-order valence-corrected chi connectivity index (χ1v) is 25.2. The molecule has 2 fully saturated rings. The molecule has 1 saturated carbocycles. The number of nitrogens with one attached hydrogen (secondary N) is 1. The molecule has 1 saturated heterocycles. The van der Waals surface area contributed by atoms with Crippen molar-refractivity contribution in [2.24, 2.45) is 5.92 Å². The minimum Gasteiger partial charge on any atom is -0.381 e. The third-order valence-corrected chi connectivity index (χ3v) is 17.9. The number of nitrogens with zero attached hydrogens (tertiary/aromatic N) is 8. The number of aromatic nitrogens is 8.